The van der Waals surface area contributed by atoms with Crippen molar-refractivity contribution in [3.05, 3.63) is 0 Å². The summed E-state index contributed by atoms with van der Waals surface area (Å²) >= 11 is 4.81. The van der Waals surface area contributed by atoms with Crippen LogP contribution in [-0.4, -0.2) is 273 Å². The van der Waals surface area contributed by atoms with Crippen LogP contribution in [0.15, 0.2) is 0 Å². The van der Waals surface area contributed by atoms with E-state index in [2.05, 4.69) is 96.7 Å². The number of hydrogen-bond donors (Lipinski definition) is 6. The lowest BCUT2D eigenvalue weighted by atomic mass is 10.3. The molecule has 0 unspecified atom stereocenters. The van der Waals surface area contributed by atoms with E-state index >= 15 is 0 Å². The minimum Gasteiger partial charge on any atom is -0.451 e. The third-order valence-electron chi connectivity index (χ3n) is 9.29. The van der Waals surface area contributed by atoms with Crippen molar-refractivity contribution in [2.24, 2.45) is 0 Å². The van der Waals surface area contributed by atoms with Crippen molar-refractivity contribution in [1.82, 2.24) is 45.3 Å². The van der Waals surface area contributed by atoms with Gasteiger partial charge in [-0.05, 0) is 195 Å². The smallest absolute Gasteiger partial charge is 0.409 e. The quantitative estimate of drug-likeness (QED) is 0.0241. The molecule has 554 valence electrons. The van der Waals surface area contributed by atoms with Crippen LogP contribution in [0.25, 0.3) is 0 Å². The first-order chi connectivity index (χ1) is 41.7. The lowest BCUT2D eigenvalue weighted by Gasteiger charge is -2.21. The van der Waals surface area contributed by atoms with Crippen molar-refractivity contribution in [1.29, 1.82) is 0 Å². The van der Waals surface area contributed by atoms with Gasteiger partial charge in [-0.15, -0.1) is 0 Å². The number of nitrogens with zero attached hydrogens (tertiary/aromatic N) is 6. The van der Waals surface area contributed by atoms with Gasteiger partial charge < -0.3 is 84.4 Å². The highest BCUT2D eigenvalue weighted by Crippen LogP contribution is 2.02. The molecule has 0 spiro atoms. The van der Waals surface area contributed by atoms with Crippen LogP contribution >= 0.6 is 22.3 Å². The van der Waals surface area contributed by atoms with Gasteiger partial charge in [-0.1, -0.05) is 82.6 Å². The Balaban J connectivity index is -0.0000000772. The summed E-state index contributed by atoms with van der Waals surface area (Å²) in [4.78, 5) is 65.8. The molecule has 0 heterocycles. The van der Waals surface area contributed by atoms with E-state index in [1.807, 2.05) is 83.3 Å². The molecule has 0 saturated carbocycles. The third kappa shape index (κ3) is 142. The van der Waals surface area contributed by atoms with E-state index in [9.17, 15) is 32.4 Å². The van der Waals surface area contributed by atoms with Crippen molar-refractivity contribution in [2.45, 2.75) is 234 Å². The highest BCUT2D eigenvalue weighted by Gasteiger charge is 2.14. The summed E-state index contributed by atoms with van der Waals surface area (Å²) in [5.41, 5.74) is -0.741. The predicted molar refractivity (Wildman–Crippen MR) is 381 cm³/mol. The normalized spacial score (nSPS) is 9.73. The van der Waals surface area contributed by atoms with E-state index < -0.39 is 14.5 Å². The molecule has 4 amide bonds. The van der Waals surface area contributed by atoms with Crippen LogP contribution in [0.1, 0.15) is 198 Å². The van der Waals surface area contributed by atoms with Crippen molar-refractivity contribution in [3.63, 3.8) is 0 Å². The van der Waals surface area contributed by atoms with Crippen LogP contribution < -0.4 is 16.0 Å². The van der Waals surface area contributed by atoms with Gasteiger partial charge in [0.25, 0.3) is 0 Å². The van der Waals surface area contributed by atoms with Gasteiger partial charge in [0.2, 0.25) is 9.05 Å². The highest BCUT2D eigenvalue weighted by molar-refractivity contribution is 8.13. The zero-order chi connectivity index (χ0) is 73.8. The number of rotatable bonds is 28. The van der Waals surface area contributed by atoms with Crippen molar-refractivity contribution in [3.8, 4) is 0 Å². The van der Waals surface area contributed by atoms with Gasteiger partial charge in [0.15, 0.2) is 0 Å². The predicted octanol–water partition coefficient (Wildman–Crippen LogP) is 11.9. The number of halogens is 2. The molecule has 6 N–H and O–H groups in total. The lowest BCUT2D eigenvalue weighted by molar-refractivity contribution is 0.0816. The van der Waals surface area contributed by atoms with Crippen molar-refractivity contribution < 1.29 is 71.4 Å². The molecule has 0 aromatic rings. The Morgan fingerprint density at radius 2 is 0.722 bits per heavy atom. The monoisotopic (exact) mass is 1370 g/mol. The average Bonchev–Trinajstić information content (AvgIpc) is 3.54. The number of carbonyl (C=O) groups is 5. The second-order valence-corrected chi connectivity index (χ2v) is 23.9. The number of aliphatic hydroxyl groups excluding tert-OH is 3. The molecular weight excluding hydrogens is 1230 g/mol. The van der Waals surface area contributed by atoms with E-state index in [0.29, 0.717) is 19.6 Å². The van der Waals surface area contributed by atoms with Crippen LogP contribution in [-0.2, 0) is 32.7 Å². The first-order valence-electron chi connectivity index (χ1n) is 32.5. The molecule has 0 bridgehead atoms. The molecule has 0 aromatic carbocycles. The maximum absolute atomic E-state index is 11.5. The first kappa shape index (κ1) is 114. The third-order valence-corrected chi connectivity index (χ3v) is 9.38. The van der Waals surface area contributed by atoms with Gasteiger partial charge in [0.05, 0.1) is 36.8 Å². The first-order valence-corrected chi connectivity index (χ1v) is 35.6. The summed E-state index contributed by atoms with van der Waals surface area (Å²) in [7, 11) is 14.2. The minimum absolute atomic E-state index is 0.0263. The Morgan fingerprint density at radius 1 is 0.456 bits per heavy atom. The summed E-state index contributed by atoms with van der Waals surface area (Å²) in [6.45, 7) is 57.1. The van der Waals surface area contributed by atoms with Crippen LogP contribution in [0.2, 0.25) is 0 Å². The topological polar surface area (TPSA) is 282 Å². The number of carbonyl (C=O) groups excluding carboxylic acids is 5. The summed E-state index contributed by atoms with van der Waals surface area (Å²) in [6.07, 6.45) is 4.98. The van der Waals surface area contributed by atoms with E-state index in [4.69, 9.17) is 45.9 Å². The Morgan fingerprint density at radius 3 is 0.889 bits per heavy atom. The number of amides is 4. The van der Waals surface area contributed by atoms with E-state index in [0.717, 1.165) is 117 Å². The molecule has 27 heteroatoms. The van der Waals surface area contributed by atoms with Crippen molar-refractivity contribution in [2.75, 3.05) is 154 Å². The Kier molecular flexibility index (Phi) is 114. The van der Waals surface area contributed by atoms with Gasteiger partial charge in [-0.2, -0.15) is 0 Å². The number of ether oxygens (including phenoxy) is 5. The second kappa shape index (κ2) is 90.0. The zero-order valence-electron chi connectivity index (χ0n) is 63.4. The fraction of sp³-hybridized carbons (Fsp3) is 0.921. The van der Waals surface area contributed by atoms with Gasteiger partial charge >= 0.3 is 29.8 Å². The van der Waals surface area contributed by atoms with E-state index in [-0.39, 0.29) is 67.6 Å². The average molecular weight is 1370 g/mol. The number of hydrogen-bond acceptors (Lipinski definition) is 20. The molecule has 0 fully saturated rings. The van der Waals surface area contributed by atoms with Gasteiger partial charge in [-0.3, -0.25) is 0 Å². The molecule has 24 nitrogen and oxygen atoms in total. The lowest BCUT2D eigenvalue weighted by Crippen LogP contribution is -2.33. The molecule has 0 aliphatic rings. The Bertz CT molecular complexity index is 1500. The van der Waals surface area contributed by atoms with E-state index in [1.54, 1.807) is 84.4 Å². The maximum atomic E-state index is 11.5. The Labute approximate surface area is 563 Å². The van der Waals surface area contributed by atoms with Crippen LogP contribution in [0.3, 0.4) is 0 Å². The molecule has 0 atom stereocenters. The summed E-state index contributed by atoms with van der Waals surface area (Å²) in [5.74, 6) is 0. The Hall–Kier alpha value is -3.24. The minimum atomic E-state index is -3.19. The van der Waals surface area contributed by atoms with Crippen LogP contribution in [0, 0.1) is 0 Å². The molecule has 0 aliphatic carbocycles. The second-order valence-electron chi connectivity index (χ2n) is 20.5. The van der Waals surface area contributed by atoms with E-state index in [1.165, 1.54) is 4.90 Å². The molecule has 0 aromatic heterocycles. The molecule has 0 radical (unpaired) electrons. The number of aliphatic hydroxyl groups is 3. The SMILES string of the molecule is CC.CC.CC(C)O.CC(C)OC(=O)Cl.CC(C)OC(=O)N(C)CCCO.CCCCN(C)C(=O)OC(C)C.CCN(C)CCCN(C)C(=O)OC(C)C.CCN(CC)CCCN(C)C(=O)OC(C)C.CCNC.CCNCC.CNCCCO.CS(=O)(=O)Cl. The molecule has 90 heavy (non-hydrogen) atoms. The summed E-state index contributed by atoms with van der Waals surface area (Å²) in [5, 5.41) is 33.7. The molecule has 0 aliphatic heterocycles. The number of unbranched alkanes of at least 4 members (excludes halogenated alkanes) is 1. The van der Waals surface area contributed by atoms with Gasteiger partial charge in [0, 0.05) is 96.0 Å². The molecule has 0 saturated heterocycles. The van der Waals surface area contributed by atoms with Gasteiger partial charge in [-0.25, -0.2) is 32.4 Å². The molecular formula is C63H147Cl2N9O15S. The van der Waals surface area contributed by atoms with Gasteiger partial charge in [0.1, 0.15) is 0 Å². The highest BCUT2D eigenvalue weighted by atomic mass is 35.7. The molecule has 0 rings (SSSR count). The maximum Gasteiger partial charge on any atom is 0.409 e. The fourth-order valence-corrected chi connectivity index (χ4v) is 4.91. The van der Waals surface area contributed by atoms with Crippen LogP contribution in [0.5, 0.6) is 0 Å². The summed E-state index contributed by atoms with van der Waals surface area (Å²) < 4.78 is 43.2. The van der Waals surface area contributed by atoms with Crippen molar-refractivity contribution >= 4 is 61.1 Å². The summed E-state index contributed by atoms with van der Waals surface area (Å²) in [6, 6.07) is 0. The largest absolute Gasteiger partial charge is 0.451 e. The van der Waals surface area contributed by atoms with Crippen LogP contribution in [0.4, 0.5) is 24.0 Å². The standard InChI is InChI=1S/C12H26N2O2.C11H24N2O2.C9H19NO2.C8H17NO3.C4H7ClO2.C4H11NO.C4H11N.C3H9N.C3H8O.2C2H6.CH3ClO2S/c1-6-14(7-2)10-8-9-13(5)12(15)16-11(3)4;1-6-12(4)8-7-9-13(5)11(14)15-10(2)3;1-5-6-7-10(4)9(11)12-8(2)3;1-7(2)12-8(11)9(3)5-4-6-10;1-3(2)7-4(5)6;1-5-3-2-4-6;1-3-5-4-2;1-3-4-2;1-3(2)4;2*1-2;1-5(2,3)4/h11H,6-10H2,1-5H3;10H,6-9H2,1-5H3;8H,5-7H2,1-4H3;7,10H,4-6H2,1-3H3;3H,1-2H3;5-6H,2-4H2,1H3;5H,3-4H2,1-2H3;4H,3H2,1-2H3;3-4H,1-2H3;2*1-2H3;1H3. The number of nitrogens with one attached hydrogen (secondary N) is 3. The zero-order valence-corrected chi connectivity index (χ0v) is 65.7. The fourth-order valence-electron chi connectivity index (χ4n) is 4.73.